The Morgan fingerprint density at radius 3 is 3.00 bits per heavy atom. The van der Waals surface area contributed by atoms with E-state index in [1.165, 1.54) is 0 Å². The van der Waals surface area contributed by atoms with E-state index in [-0.39, 0.29) is 0 Å². The summed E-state index contributed by atoms with van der Waals surface area (Å²) in [5.74, 6) is 0.322. The molecule has 0 saturated carbocycles. The second-order valence-electron chi connectivity index (χ2n) is 3.42. The van der Waals surface area contributed by atoms with Crippen molar-refractivity contribution in [3.05, 3.63) is 29.3 Å². The van der Waals surface area contributed by atoms with Gasteiger partial charge in [0.2, 0.25) is 0 Å². The molecule has 0 aromatic heterocycles. The maximum Gasteiger partial charge on any atom is 0.115 e. The van der Waals surface area contributed by atoms with Crippen LogP contribution in [0.25, 0.3) is 0 Å². The van der Waals surface area contributed by atoms with Crippen molar-refractivity contribution in [2.24, 2.45) is 5.16 Å². The van der Waals surface area contributed by atoms with Crippen LogP contribution in [0.2, 0.25) is 0 Å². The Hall–Kier alpha value is -1.51. The fourth-order valence-electron chi connectivity index (χ4n) is 1.85. The van der Waals surface area contributed by atoms with E-state index < -0.39 is 0 Å². The molecule has 1 aromatic carbocycles. The summed E-state index contributed by atoms with van der Waals surface area (Å²) in [5.41, 5.74) is 3.25. The van der Waals surface area contributed by atoms with Crippen molar-refractivity contribution < 1.29 is 9.94 Å². The normalized spacial score (nSPS) is 17.9. The average Bonchev–Trinajstić information content (AvgIpc) is 2.18. The molecule has 2 rings (SSSR count). The maximum absolute atomic E-state index is 9.33. The average molecular weight is 191 g/mol. The molecule has 1 aliphatic rings. The molecule has 0 radical (unpaired) electrons. The van der Waals surface area contributed by atoms with Crippen LogP contribution < -0.4 is 0 Å². The summed E-state index contributed by atoms with van der Waals surface area (Å²) in [4.78, 5) is 4.79. The van der Waals surface area contributed by atoms with Crippen LogP contribution in [0.1, 0.15) is 24.0 Å². The molecular formula is C11H13NO2. The third-order valence-corrected chi connectivity index (χ3v) is 2.46. The first-order chi connectivity index (χ1) is 6.81. The van der Waals surface area contributed by atoms with Crippen molar-refractivity contribution in [1.29, 1.82) is 0 Å². The van der Waals surface area contributed by atoms with Gasteiger partial charge in [0, 0.05) is 5.56 Å². The van der Waals surface area contributed by atoms with Gasteiger partial charge in [0.1, 0.15) is 12.9 Å². The van der Waals surface area contributed by atoms with Crippen LogP contribution in [-0.2, 0) is 11.3 Å². The number of oxime groups is 1. The number of aryl methyl sites for hydroxylation is 1. The summed E-state index contributed by atoms with van der Waals surface area (Å²) in [7, 11) is 1.56. The maximum atomic E-state index is 9.33. The van der Waals surface area contributed by atoms with Crippen LogP contribution in [0, 0.1) is 0 Å². The Morgan fingerprint density at radius 1 is 1.36 bits per heavy atom. The zero-order chi connectivity index (χ0) is 9.97. The Balaban J connectivity index is 2.45. The molecule has 1 N–H and O–H groups in total. The minimum atomic E-state index is 0.322. The van der Waals surface area contributed by atoms with Crippen LogP contribution in [0.4, 0.5) is 0 Å². The number of phenols is 1. The van der Waals surface area contributed by atoms with E-state index in [9.17, 15) is 5.11 Å². The lowest BCUT2D eigenvalue weighted by molar-refractivity contribution is 0.212. The summed E-state index contributed by atoms with van der Waals surface area (Å²) in [5, 5.41) is 13.3. The number of nitrogens with zero attached hydrogens (tertiary/aromatic N) is 1. The first-order valence-electron chi connectivity index (χ1n) is 4.73. The van der Waals surface area contributed by atoms with E-state index in [1.807, 2.05) is 6.07 Å². The Bertz CT molecular complexity index is 372. The highest BCUT2D eigenvalue weighted by molar-refractivity contribution is 6.02. The van der Waals surface area contributed by atoms with Crippen molar-refractivity contribution in [3.63, 3.8) is 0 Å². The number of hydrogen-bond acceptors (Lipinski definition) is 3. The van der Waals surface area contributed by atoms with E-state index >= 15 is 0 Å². The van der Waals surface area contributed by atoms with E-state index in [4.69, 9.17) is 4.84 Å². The number of fused-ring (bicyclic) bond motifs is 1. The quantitative estimate of drug-likeness (QED) is 0.690. The van der Waals surface area contributed by atoms with Crippen LogP contribution in [-0.4, -0.2) is 17.9 Å². The zero-order valence-electron chi connectivity index (χ0n) is 8.16. The molecule has 3 nitrogen and oxygen atoms in total. The molecule has 0 spiro atoms. The van der Waals surface area contributed by atoms with E-state index in [2.05, 4.69) is 5.16 Å². The monoisotopic (exact) mass is 191 g/mol. The van der Waals surface area contributed by atoms with Gasteiger partial charge in [-0.3, -0.25) is 0 Å². The summed E-state index contributed by atoms with van der Waals surface area (Å²) < 4.78 is 0. The smallest absolute Gasteiger partial charge is 0.115 e. The minimum absolute atomic E-state index is 0.322. The molecule has 14 heavy (non-hydrogen) atoms. The highest BCUT2D eigenvalue weighted by Crippen LogP contribution is 2.25. The number of phenolic OH excluding ortho intramolecular Hbond substituents is 1. The predicted molar refractivity (Wildman–Crippen MR) is 54.6 cm³/mol. The topological polar surface area (TPSA) is 41.8 Å². The standard InChI is InChI=1S/C11H13NO2/c1-14-12-11-4-2-3-8-7-9(13)5-6-10(8)11/h5-7,13H,2-4H2,1H3/b12-11+. The summed E-state index contributed by atoms with van der Waals surface area (Å²) >= 11 is 0. The summed E-state index contributed by atoms with van der Waals surface area (Å²) in [6, 6.07) is 5.40. The highest BCUT2D eigenvalue weighted by Gasteiger charge is 2.16. The summed E-state index contributed by atoms with van der Waals surface area (Å²) in [6.45, 7) is 0. The van der Waals surface area contributed by atoms with Gasteiger partial charge in [-0.25, -0.2) is 0 Å². The fraction of sp³-hybridized carbons (Fsp3) is 0.364. The Kier molecular flexibility index (Phi) is 2.39. The van der Waals surface area contributed by atoms with Crippen LogP contribution in [0.15, 0.2) is 23.4 Å². The fourth-order valence-corrected chi connectivity index (χ4v) is 1.85. The van der Waals surface area contributed by atoms with Crippen LogP contribution in [0.3, 0.4) is 0 Å². The molecular weight excluding hydrogens is 178 g/mol. The molecule has 74 valence electrons. The molecule has 0 unspecified atom stereocenters. The Labute approximate surface area is 83.0 Å². The van der Waals surface area contributed by atoms with Gasteiger partial charge in [-0.1, -0.05) is 5.16 Å². The van der Waals surface area contributed by atoms with Crippen LogP contribution >= 0.6 is 0 Å². The number of benzene rings is 1. The van der Waals surface area contributed by atoms with Gasteiger partial charge in [0.05, 0.1) is 5.71 Å². The zero-order valence-corrected chi connectivity index (χ0v) is 8.16. The van der Waals surface area contributed by atoms with E-state index in [0.717, 1.165) is 36.1 Å². The van der Waals surface area contributed by atoms with E-state index in [1.54, 1.807) is 19.2 Å². The van der Waals surface area contributed by atoms with Crippen molar-refractivity contribution in [1.82, 2.24) is 0 Å². The molecule has 1 aliphatic carbocycles. The lowest BCUT2D eigenvalue weighted by Gasteiger charge is -2.16. The molecule has 0 atom stereocenters. The predicted octanol–water partition coefficient (Wildman–Crippen LogP) is 2.08. The second kappa shape index (κ2) is 3.70. The Morgan fingerprint density at radius 2 is 2.21 bits per heavy atom. The van der Waals surface area contributed by atoms with Gasteiger partial charge in [-0.2, -0.15) is 0 Å². The van der Waals surface area contributed by atoms with Crippen molar-refractivity contribution in [2.45, 2.75) is 19.3 Å². The third kappa shape index (κ3) is 1.58. The largest absolute Gasteiger partial charge is 0.508 e. The molecule has 0 aliphatic heterocycles. The first kappa shape index (κ1) is 9.06. The second-order valence-corrected chi connectivity index (χ2v) is 3.42. The van der Waals surface area contributed by atoms with Crippen LogP contribution in [0.5, 0.6) is 5.75 Å². The van der Waals surface area contributed by atoms with E-state index in [0.29, 0.717) is 5.75 Å². The molecule has 0 bridgehead atoms. The molecule has 0 fully saturated rings. The number of aromatic hydroxyl groups is 1. The van der Waals surface area contributed by atoms with Gasteiger partial charge in [-0.15, -0.1) is 0 Å². The lowest BCUT2D eigenvalue weighted by atomic mass is 9.90. The summed E-state index contributed by atoms with van der Waals surface area (Å²) in [6.07, 6.45) is 3.02. The number of rotatable bonds is 1. The van der Waals surface area contributed by atoms with Crippen molar-refractivity contribution in [2.75, 3.05) is 7.11 Å². The molecule has 1 aromatic rings. The van der Waals surface area contributed by atoms with Gasteiger partial charge in [0.15, 0.2) is 0 Å². The van der Waals surface area contributed by atoms with Gasteiger partial charge >= 0.3 is 0 Å². The molecule has 3 heteroatoms. The molecule has 0 heterocycles. The van der Waals surface area contributed by atoms with Crippen molar-refractivity contribution >= 4 is 5.71 Å². The molecule has 0 saturated heterocycles. The number of hydrogen-bond donors (Lipinski definition) is 1. The molecule has 0 amide bonds. The minimum Gasteiger partial charge on any atom is -0.508 e. The van der Waals surface area contributed by atoms with Gasteiger partial charge < -0.3 is 9.94 Å². The van der Waals surface area contributed by atoms with Gasteiger partial charge in [-0.05, 0) is 43.0 Å². The highest BCUT2D eigenvalue weighted by atomic mass is 16.6. The SMILES string of the molecule is CO/N=C1\CCCc2cc(O)ccc21. The van der Waals surface area contributed by atoms with Gasteiger partial charge in [0.25, 0.3) is 0 Å². The van der Waals surface area contributed by atoms with Crippen molar-refractivity contribution in [3.8, 4) is 5.75 Å². The first-order valence-corrected chi connectivity index (χ1v) is 4.73. The lowest BCUT2D eigenvalue weighted by Crippen LogP contribution is -2.11. The third-order valence-electron chi connectivity index (χ3n) is 2.46.